The van der Waals surface area contributed by atoms with Crippen molar-refractivity contribution in [3.8, 4) is 0 Å². The first-order valence-electron chi connectivity index (χ1n) is 6.15. The van der Waals surface area contributed by atoms with E-state index in [9.17, 15) is 0 Å². The van der Waals surface area contributed by atoms with Crippen LogP contribution < -0.4 is 5.32 Å². The van der Waals surface area contributed by atoms with Crippen LogP contribution in [0.1, 0.15) is 52.9 Å². The molecule has 1 aliphatic rings. The molecule has 1 heterocycles. The van der Waals surface area contributed by atoms with Gasteiger partial charge in [-0.2, -0.15) is 0 Å². The zero-order valence-corrected chi connectivity index (χ0v) is 9.88. The van der Waals surface area contributed by atoms with Crippen molar-refractivity contribution >= 4 is 0 Å². The summed E-state index contributed by atoms with van der Waals surface area (Å²) in [7, 11) is 0. The number of hydrogen-bond donors (Lipinski definition) is 1. The van der Waals surface area contributed by atoms with Gasteiger partial charge in [-0.3, -0.25) is 0 Å². The van der Waals surface area contributed by atoms with E-state index in [4.69, 9.17) is 4.74 Å². The largest absolute Gasteiger partial charge is 0.374 e. The molecule has 0 radical (unpaired) electrons. The molecule has 2 heteroatoms. The maximum atomic E-state index is 5.77. The van der Waals surface area contributed by atoms with Crippen molar-refractivity contribution in [1.29, 1.82) is 0 Å². The van der Waals surface area contributed by atoms with E-state index in [1.165, 1.54) is 32.1 Å². The molecule has 0 bridgehead atoms. The van der Waals surface area contributed by atoms with Crippen molar-refractivity contribution in [3.05, 3.63) is 0 Å². The summed E-state index contributed by atoms with van der Waals surface area (Å²) in [5, 5.41) is 3.61. The van der Waals surface area contributed by atoms with E-state index in [0.717, 1.165) is 6.54 Å². The molecular weight excluding hydrogens is 174 g/mol. The maximum absolute atomic E-state index is 5.77. The van der Waals surface area contributed by atoms with Crippen LogP contribution in [0.25, 0.3) is 0 Å². The molecule has 2 nitrogen and oxygen atoms in total. The molecule has 0 amide bonds. The summed E-state index contributed by atoms with van der Waals surface area (Å²) in [6.45, 7) is 7.72. The fourth-order valence-electron chi connectivity index (χ4n) is 2.13. The number of hydrogen-bond acceptors (Lipinski definition) is 2. The second-order valence-electron chi connectivity index (χ2n) is 4.45. The molecule has 0 aromatic rings. The Labute approximate surface area is 88.4 Å². The molecule has 0 spiro atoms. The Morgan fingerprint density at radius 1 is 1.36 bits per heavy atom. The quantitative estimate of drug-likeness (QED) is 0.710. The van der Waals surface area contributed by atoms with Crippen LogP contribution in [0.2, 0.25) is 0 Å². The van der Waals surface area contributed by atoms with Gasteiger partial charge in [-0.25, -0.2) is 0 Å². The first-order valence-corrected chi connectivity index (χ1v) is 6.15. The molecule has 1 N–H and O–H groups in total. The van der Waals surface area contributed by atoms with Crippen LogP contribution >= 0.6 is 0 Å². The van der Waals surface area contributed by atoms with E-state index in [1.54, 1.807) is 0 Å². The molecule has 1 rings (SSSR count). The van der Waals surface area contributed by atoms with Crippen LogP contribution in [0.3, 0.4) is 0 Å². The van der Waals surface area contributed by atoms with E-state index in [1.807, 2.05) is 0 Å². The minimum Gasteiger partial charge on any atom is -0.374 e. The van der Waals surface area contributed by atoms with E-state index < -0.39 is 0 Å². The lowest BCUT2D eigenvalue weighted by Crippen LogP contribution is -2.35. The van der Waals surface area contributed by atoms with Crippen LogP contribution in [0.5, 0.6) is 0 Å². The summed E-state index contributed by atoms with van der Waals surface area (Å²) < 4.78 is 5.77. The monoisotopic (exact) mass is 199 g/mol. The lowest BCUT2D eigenvalue weighted by atomic mass is 10.1. The zero-order valence-electron chi connectivity index (χ0n) is 9.88. The number of nitrogens with one attached hydrogen (secondary N) is 1. The average molecular weight is 199 g/mol. The van der Waals surface area contributed by atoms with Crippen molar-refractivity contribution in [2.75, 3.05) is 6.54 Å². The lowest BCUT2D eigenvalue weighted by molar-refractivity contribution is 0.0540. The Hall–Kier alpha value is -0.0800. The fraction of sp³-hybridized carbons (Fsp3) is 1.00. The number of ether oxygens (including phenoxy) is 1. The van der Waals surface area contributed by atoms with Crippen molar-refractivity contribution < 1.29 is 4.74 Å². The first-order chi connectivity index (χ1) is 6.76. The van der Waals surface area contributed by atoms with E-state index >= 15 is 0 Å². The molecule has 0 aromatic carbocycles. The third kappa shape index (κ3) is 3.97. The molecule has 0 aromatic heterocycles. The van der Waals surface area contributed by atoms with Gasteiger partial charge in [0.15, 0.2) is 0 Å². The summed E-state index contributed by atoms with van der Waals surface area (Å²) >= 11 is 0. The highest BCUT2D eigenvalue weighted by Gasteiger charge is 2.21. The van der Waals surface area contributed by atoms with Crippen LogP contribution in [-0.2, 0) is 4.74 Å². The van der Waals surface area contributed by atoms with Gasteiger partial charge in [-0.1, -0.05) is 20.3 Å². The van der Waals surface area contributed by atoms with Crippen LogP contribution in [0.15, 0.2) is 0 Å². The van der Waals surface area contributed by atoms with E-state index in [2.05, 4.69) is 26.1 Å². The summed E-state index contributed by atoms with van der Waals surface area (Å²) in [6, 6.07) is 0.694. The SMILES string of the molecule is CCCC(CC)NCC1CCC(C)O1. The van der Waals surface area contributed by atoms with Crippen LogP contribution in [-0.4, -0.2) is 24.8 Å². The Kier molecular flexibility index (Phi) is 5.49. The topological polar surface area (TPSA) is 21.3 Å². The van der Waals surface area contributed by atoms with Crippen LogP contribution in [0.4, 0.5) is 0 Å². The summed E-state index contributed by atoms with van der Waals surface area (Å²) in [5.41, 5.74) is 0. The summed E-state index contributed by atoms with van der Waals surface area (Å²) in [4.78, 5) is 0. The average Bonchev–Trinajstić information content (AvgIpc) is 2.59. The summed E-state index contributed by atoms with van der Waals surface area (Å²) in [6.07, 6.45) is 7.21. The van der Waals surface area contributed by atoms with E-state index in [-0.39, 0.29) is 0 Å². The van der Waals surface area contributed by atoms with Crippen molar-refractivity contribution in [1.82, 2.24) is 5.32 Å². The Bertz CT molecular complexity index is 145. The van der Waals surface area contributed by atoms with Gasteiger partial charge in [-0.15, -0.1) is 0 Å². The lowest BCUT2D eigenvalue weighted by Gasteiger charge is -2.19. The Morgan fingerprint density at radius 2 is 2.14 bits per heavy atom. The smallest absolute Gasteiger partial charge is 0.0704 e. The predicted octanol–water partition coefficient (Wildman–Crippen LogP) is 2.72. The molecular formula is C12H25NO. The minimum absolute atomic E-state index is 0.468. The van der Waals surface area contributed by atoms with Gasteiger partial charge in [-0.05, 0) is 32.6 Å². The number of rotatable bonds is 6. The Balaban J connectivity index is 2.12. The molecule has 3 unspecified atom stereocenters. The van der Waals surface area contributed by atoms with Crippen molar-refractivity contribution in [3.63, 3.8) is 0 Å². The first kappa shape index (κ1) is 12.0. The van der Waals surface area contributed by atoms with Gasteiger partial charge in [0.25, 0.3) is 0 Å². The molecule has 0 saturated carbocycles. The van der Waals surface area contributed by atoms with Gasteiger partial charge in [0.2, 0.25) is 0 Å². The highest BCUT2D eigenvalue weighted by Crippen LogP contribution is 2.18. The molecule has 84 valence electrons. The molecule has 14 heavy (non-hydrogen) atoms. The van der Waals surface area contributed by atoms with Gasteiger partial charge >= 0.3 is 0 Å². The normalized spacial score (nSPS) is 29.4. The zero-order chi connectivity index (χ0) is 10.4. The molecule has 1 aliphatic heterocycles. The van der Waals surface area contributed by atoms with Gasteiger partial charge in [0.05, 0.1) is 12.2 Å². The minimum atomic E-state index is 0.468. The standard InChI is InChI=1S/C12H25NO/c1-4-6-11(5-2)13-9-12-8-7-10(3)14-12/h10-13H,4-9H2,1-3H3. The maximum Gasteiger partial charge on any atom is 0.0704 e. The second-order valence-corrected chi connectivity index (χ2v) is 4.45. The molecule has 1 fully saturated rings. The van der Waals surface area contributed by atoms with Gasteiger partial charge in [0.1, 0.15) is 0 Å². The van der Waals surface area contributed by atoms with Crippen molar-refractivity contribution in [2.45, 2.75) is 71.1 Å². The van der Waals surface area contributed by atoms with Gasteiger partial charge in [0, 0.05) is 12.6 Å². The highest BCUT2D eigenvalue weighted by atomic mass is 16.5. The predicted molar refractivity (Wildman–Crippen MR) is 60.6 cm³/mol. The molecule has 0 aliphatic carbocycles. The van der Waals surface area contributed by atoms with Crippen LogP contribution in [0, 0.1) is 0 Å². The molecule has 3 atom stereocenters. The summed E-state index contributed by atoms with van der Waals surface area (Å²) in [5.74, 6) is 0. The van der Waals surface area contributed by atoms with E-state index in [0.29, 0.717) is 18.2 Å². The third-order valence-corrected chi connectivity index (χ3v) is 3.08. The van der Waals surface area contributed by atoms with Crippen molar-refractivity contribution in [2.24, 2.45) is 0 Å². The third-order valence-electron chi connectivity index (χ3n) is 3.08. The van der Waals surface area contributed by atoms with Gasteiger partial charge < -0.3 is 10.1 Å². The molecule has 1 saturated heterocycles. The highest BCUT2D eigenvalue weighted by molar-refractivity contribution is 4.74. The second kappa shape index (κ2) is 6.41. The Morgan fingerprint density at radius 3 is 2.64 bits per heavy atom. The fourth-order valence-corrected chi connectivity index (χ4v) is 2.13.